The molecule has 0 unspecified atom stereocenters. The van der Waals surface area contributed by atoms with Crippen LogP contribution in [0.1, 0.15) is 11.3 Å². The second kappa shape index (κ2) is 4.96. The highest BCUT2D eigenvalue weighted by molar-refractivity contribution is 5.92. The molecule has 0 aliphatic carbocycles. The Hall–Kier alpha value is -2.23. The molecule has 1 aromatic heterocycles. The molecule has 0 bridgehead atoms. The van der Waals surface area contributed by atoms with Crippen LogP contribution in [-0.2, 0) is 11.2 Å². The average Bonchev–Trinajstić information content (AvgIpc) is 2.89. The Balaban J connectivity index is 1.73. The maximum atomic E-state index is 5.57. The molecule has 1 aromatic carbocycles. The summed E-state index contributed by atoms with van der Waals surface area (Å²) in [6, 6.07) is 10.5. The minimum atomic E-state index is 0.171. The van der Waals surface area contributed by atoms with E-state index in [0.717, 1.165) is 6.42 Å². The normalized spacial score (nSPS) is 18.2. The third kappa shape index (κ3) is 2.37. The van der Waals surface area contributed by atoms with Crippen LogP contribution in [0.5, 0.6) is 0 Å². The smallest absolute Gasteiger partial charge is 0.237 e. The SMILES string of the molecule is c1ccc(C[C@H]2COC(c3cnccn3)=N2)cc1. The van der Waals surface area contributed by atoms with E-state index in [4.69, 9.17) is 4.74 Å². The van der Waals surface area contributed by atoms with E-state index in [-0.39, 0.29) is 6.04 Å². The van der Waals surface area contributed by atoms with Gasteiger partial charge in [-0.05, 0) is 12.0 Å². The van der Waals surface area contributed by atoms with Crippen molar-refractivity contribution in [1.82, 2.24) is 9.97 Å². The van der Waals surface area contributed by atoms with Gasteiger partial charge in [0.15, 0.2) is 0 Å². The molecular formula is C14H13N3O. The van der Waals surface area contributed by atoms with Gasteiger partial charge in [0.1, 0.15) is 12.3 Å². The van der Waals surface area contributed by atoms with Crippen molar-refractivity contribution >= 4 is 5.90 Å². The molecule has 90 valence electrons. The van der Waals surface area contributed by atoms with Gasteiger partial charge in [-0.1, -0.05) is 30.3 Å². The summed E-state index contributed by atoms with van der Waals surface area (Å²) in [5.41, 5.74) is 1.98. The molecule has 0 saturated carbocycles. The molecule has 0 saturated heterocycles. The van der Waals surface area contributed by atoms with Crippen LogP contribution >= 0.6 is 0 Å². The second-order valence-corrected chi connectivity index (χ2v) is 4.18. The molecule has 1 aliphatic heterocycles. The van der Waals surface area contributed by atoms with Crippen LogP contribution < -0.4 is 0 Å². The maximum Gasteiger partial charge on any atom is 0.237 e. The topological polar surface area (TPSA) is 47.4 Å². The van der Waals surface area contributed by atoms with E-state index in [1.54, 1.807) is 18.6 Å². The lowest BCUT2D eigenvalue weighted by atomic mass is 10.1. The standard InChI is InChI=1S/C14H13N3O/c1-2-4-11(5-3-1)8-12-10-18-14(17-12)13-9-15-6-7-16-13/h1-7,9,12H,8,10H2/t12-/m0/s1. The van der Waals surface area contributed by atoms with Gasteiger partial charge >= 0.3 is 0 Å². The zero-order chi connectivity index (χ0) is 12.2. The molecule has 4 heteroatoms. The summed E-state index contributed by atoms with van der Waals surface area (Å²) in [6.07, 6.45) is 5.85. The number of aromatic nitrogens is 2. The molecule has 1 aliphatic rings. The summed E-state index contributed by atoms with van der Waals surface area (Å²) in [6.45, 7) is 0.612. The highest BCUT2D eigenvalue weighted by Crippen LogP contribution is 2.14. The Bertz CT molecular complexity index is 539. The monoisotopic (exact) mass is 239 g/mol. The Kier molecular flexibility index (Phi) is 3.00. The highest BCUT2D eigenvalue weighted by Gasteiger charge is 2.21. The third-order valence-corrected chi connectivity index (χ3v) is 2.81. The Morgan fingerprint density at radius 1 is 1.17 bits per heavy atom. The minimum Gasteiger partial charge on any atom is -0.474 e. The lowest BCUT2D eigenvalue weighted by molar-refractivity contribution is 0.316. The fourth-order valence-electron chi connectivity index (χ4n) is 1.96. The summed E-state index contributed by atoms with van der Waals surface area (Å²) in [4.78, 5) is 12.7. The molecule has 2 heterocycles. The molecule has 0 spiro atoms. The summed E-state index contributed by atoms with van der Waals surface area (Å²) < 4.78 is 5.57. The van der Waals surface area contributed by atoms with Crippen LogP contribution in [0.2, 0.25) is 0 Å². The first-order chi connectivity index (χ1) is 8.92. The van der Waals surface area contributed by atoms with E-state index in [1.807, 2.05) is 18.2 Å². The van der Waals surface area contributed by atoms with Crippen LogP contribution in [0.4, 0.5) is 0 Å². The summed E-state index contributed by atoms with van der Waals surface area (Å²) in [7, 11) is 0. The number of aliphatic imine (C=N–C) groups is 1. The average molecular weight is 239 g/mol. The fraction of sp³-hybridized carbons (Fsp3) is 0.214. The highest BCUT2D eigenvalue weighted by atomic mass is 16.5. The van der Waals surface area contributed by atoms with Crippen molar-refractivity contribution in [3.8, 4) is 0 Å². The molecule has 1 atom stereocenters. The van der Waals surface area contributed by atoms with Gasteiger partial charge in [0.05, 0.1) is 12.2 Å². The number of hydrogen-bond donors (Lipinski definition) is 0. The fourth-order valence-corrected chi connectivity index (χ4v) is 1.96. The predicted molar refractivity (Wildman–Crippen MR) is 68.5 cm³/mol. The molecule has 0 fully saturated rings. The van der Waals surface area contributed by atoms with Gasteiger partial charge in [0, 0.05) is 12.4 Å². The Labute approximate surface area is 105 Å². The first-order valence-corrected chi connectivity index (χ1v) is 5.93. The summed E-state index contributed by atoms with van der Waals surface area (Å²) in [5.74, 6) is 0.601. The van der Waals surface area contributed by atoms with E-state index < -0.39 is 0 Å². The van der Waals surface area contributed by atoms with Gasteiger partial charge in [-0.2, -0.15) is 0 Å². The van der Waals surface area contributed by atoms with E-state index in [0.29, 0.717) is 18.2 Å². The molecule has 4 nitrogen and oxygen atoms in total. The van der Waals surface area contributed by atoms with Gasteiger partial charge in [0.25, 0.3) is 0 Å². The number of benzene rings is 1. The lowest BCUT2D eigenvalue weighted by Gasteiger charge is -2.03. The van der Waals surface area contributed by atoms with E-state index >= 15 is 0 Å². The number of ether oxygens (including phenoxy) is 1. The Morgan fingerprint density at radius 3 is 2.83 bits per heavy atom. The molecule has 3 rings (SSSR count). The minimum absolute atomic E-state index is 0.171. The first kappa shape index (κ1) is 10.9. The molecule has 0 N–H and O–H groups in total. The zero-order valence-electron chi connectivity index (χ0n) is 9.86. The van der Waals surface area contributed by atoms with E-state index in [9.17, 15) is 0 Å². The van der Waals surface area contributed by atoms with Crippen LogP contribution in [0, 0.1) is 0 Å². The maximum absolute atomic E-state index is 5.57. The van der Waals surface area contributed by atoms with Gasteiger partial charge < -0.3 is 4.74 Å². The van der Waals surface area contributed by atoms with Gasteiger partial charge in [-0.15, -0.1) is 0 Å². The van der Waals surface area contributed by atoms with Crippen LogP contribution in [0.25, 0.3) is 0 Å². The van der Waals surface area contributed by atoms with E-state index in [2.05, 4.69) is 27.1 Å². The largest absolute Gasteiger partial charge is 0.474 e. The summed E-state index contributed by atoms with van der Waals surface area (Å²) >= 11 is 0. The first-order valence-electron chi connectivity index (χ1n) is 5.93. The van der Waals surface area contributed by atoms with Crippen molar-refractivity contribution in [1.29, 1.82) is 0 Å². The number of rotatable bonds is 3. The quantitative estimate of drug-likeness (QED) is 0.821. The molecule has 18 heavy (non-hydrogen) atoms. The van der Waals surface area contributed by atoms with E-state index in [1.165, 1.54) is 5.56 Å². The van der Waals surface area contributed by atoms with Crippen molar-refractivity contribution < 1.29 is 4.74 Å². The van der Waals surface area contributed by atoms with Crippen molar-refractivity contribution in [2.75, 3.05) is 6.61 Å². The van der Waals surface area contributed by atoms with Crippen LogP contribution in [-0.4, -0.2) is 28.5 Å². The van der Waals surface area contributed by atoms with Crippen LogP contribution in [0.3, 0.4) is 0 Å². The second-order valence-electron chi connectivity index (χ2n) is 4.18. The Morgan fingerprint density at radius 2 is 2.06 bits per heavy atom. The van der Waals surface area contributed by atoms with Gasteiger partial charge in [-0.3, -0.25) is 4.98 Å². The molecule has 0 radical (unpaired) electrons. The molecule has 0 amide bonds. The van der Waals surface area contributed by atoms with Crippen molar-refractivity contribution in [2.45, 2.75) is 12.5 Å². The zero-order valence-corrected chi connectivity index (χ0v) is 9.86. The van der Waals surface area contributed by atoms with Gasteiger partial charge in [-0.25, -0.2) is 9.98 Å². The van der Waals surface area contributed by atoms with Gasteiger partial charge in [0.2, 0.25) is 5.90 Å². The number of hydrogen-bond acceptors (Lipinski definition) is 4. The van der Waals surface area contributed by atoms with Crippen LogP contribution in [0.15, 0.2) is 53.9 Å². The number of nitrogens with zero attached hydrogens (tertiary/aromatic N) is 3. The summed E-state index contributed by atoms with van der Waals surface area (Å²) in [5, 5.41) is 0. The molecular weight excluding hydrogens is 226 g/mol. The third-order valence-electron chi connectivity index (χ3n) is 2.81. The lowest BCUT2D eigenvalue weighted by Crippen LogP contribution is -2.09. The van der Waals surface area contributed by atoms with Crippen molar-refractivity contribution in [3.63, 3.8) is 0 Å². The van der Waals surface area contributed by atoms with Crippen molar-refractivity contribution in [3.05, 3.63) is 60.2 Å². The molecule has 2 aromatic rings. The predicted octanol–water partition coefficient (Wildman–Crippen LogP) is 1.86. The van der Waals surface area contributed by atoms with Crippen molar-refractivity contribution in [2.24, 2.45) is 4.99 Å².